The van der Waals surface area contributed by atoms with Crippen LogP contribution in [0.1, 0.15) is 32.6 Å². The molecule has 1 aromatic carbocycles. The Hall–Kier alpha value is -2.64. The van der Waals surface area contributed by atoms with Crippen molar-refractivity contribution >= 4 is 34.8 Å². The van der Waals surface area contributed by atoms with Gasteiger partial charge in [-0.1, -0.05) is 35.0 Å². The molecule has 0 bridgehead atoms. The van der Waals surface area contributed by atoms with E-state index in [1.807, 2.05) is 17.5 Å². The minimum atomic E-state index is -0.791. The number of benzene rings is 1. The number of amides is 1. The molecule has 1 atom stereocenters. The van der Waals surface area contributed by atoms with Crippen molar-refractivity contribution in [3.05, 3.63) is 62.5 Å². The number of nitrogens with zero attached hydrogens (tertiary/aromatic N) is 2. The summed E-state index contributed by atoms with van der Waals surface area (Å²) in [6.07, 6.45) is 0.679. The van der Waals surface area contributed by atoms with Gasteiger partial charge in [0.1, 0.15) is 17.0 Å². The molecule has 2 aromatic heterocycles. The first-order chi connectivity index (χ1) is 13.5. The lowest BCUT2D eigenvalue weighted by molar-refractivity contribution is -0.146. The van der Waals surface area contributed by atoms with Crippen LogP contribution >= 0.6 is 22.9 Å². The van der Waals surface area contributed by atoms with Crippen LogP contribution in [0.3, 0.4) is 0 Å². The maximum Gasteiger partial charge on any atom is 0.333 e. The van der Waals surface area contributed by atoms with Crippen molar-refractivity contribution in [2.45, 2.75) is 19.4 Å². The largest absolute Gasteiger partial charge is 0.467 e. The lowest BCUT2D eigenvalue weighted by Crippen LogP contribution is -2.43. The summed E-state index contributed by atoms with van der Waals surface area (Å²) < 4.78 is 10.3. The van der Waals surface area contributed by atoms with Crippen LogP contribution in [0.25, 0.3) is 11.3 Å². The SMILES string of the molecule is COC(=O)C1c2ccsc2CCN1C(=O)c1c(-c2ccccc2Cl)noc1C. The molecular formula is C20H17ClN2O4S. The number of carbonyl (C=O) groups is 2. The highest BCUT2D eigenvalue weighted by Gasteiger charge is 2.40. The number of fused-ring (bicyclic) bond motifs is 1. The van der Waals surface area contributed by atoms with Gasteiger partial charge in [0.05, 0.1) is 12.1 Å². The number of esters is 1. The number of hydrogen-bond acceptors (Lipinski definition) is 6. The van der Waals surface area contributed by atoms with Crippen LogP contribution in [0.5, 0.6) is 0 Å². The van der Waals surface area contributed by atoms with Gasteiger partial charge in [-0.2, -0.15) is 0 Å². The Balaban J connectivity index is 1.79. The van der Waals surface area contributed by atoms with E-state index in [4.69, 9.17) is 20.9 Å². The predicted molar refractivity (Wildman–Crippen MR) is 106 cm³/mol. The van der Waals surface area contributed by atoms with Crippen molar-refractivity contribution in [3.63, 3.8) is 0 Å². The topological polar surface area (TPSA) is 72.6 Å². The zero-order chi connectivity index (χ0) is 19.8. The van der Waals surface area contributed by atoms with Crippen LogP contribution < -0.4 is 0 Å². The molecule has 1 amide bonds. The van der Waals surface area contributed by atoms with E-state index in [2.05, 4.69) is 5.16 Å². The molecule has 3 aromatic rings. The minimum absolute atomic E-state index is 0.306. The molecular weight excluding hydrogens is 400 g/mol. The van der Waals surface area contributed by atoms with Gasteiger partial charge in [-0.15, -0.1) is 11.3 Å². The van der Waals surface area contributed by atoms with Crippen LogP contribution in [0.2, 0.25) is 5.02 Å². The predicted octanol–water partition coefficient (Wildman–Crippen LogP) is 4.28. The first-order valence-corrected chi connectivity index (χ1v) is 9.95. The third-order valence-electron chi connectivity index (χ3n) is 4.86. The fourth-order valence-corrected chi connectivity index (χ4v) is 4.63. The molecule has 0 saturated carbocycles. The smallest absolute Gasteiger partial charge is 0.333 e. The molecule has 0 spiro atoms. The average Bonchev–Trinajstić information content (AvgIpc) is 3.33. The molecule has 0 radical (unpaired) electrons. The van der Waals surface area contributed by atoms with Crippen molar-refractivity contribution in [1.82, 2.24) is 10.1 Å². The van der Waals surface area contributed by atoms with Crippen LogP contribution in [-0.4, -0.2) is 35.6 Å². The molecule has 8 heteroatoms. The average molecular weight is 417 g/mol. The van der Waals surface area contributed by atoms with E-state index < -0.39 is 12.0 Å². The molecule has 3 heterocycles. The molecule has 28 heavy (non-hydrogen) atoms. The maximum absolute atomic E-state index is 13.5. The van der Waals surface area contributed by atoms with Gasteiger partial charge < -0.3 is 14.2 Å². The number of thiophene rings is 1. The van der Waals surface area contributed by atoms with Crippen LogP contribution in [0.4, 0.5) is 0 Å². The van der Waals surface area contributed by atoms with E-state index in [1.54, 1.807) is 36.5 Å². The number of ether oxygens (including phenoxy) is 1. The van der Waals surface area contributed by atoms with E-state index in [9.17, 15) is 9.59 Å². The second kappa shape index (κ2) is 7.41. The quantitative estimate of drug-likeness (QED) is 0.596. The Morgan fingerprint density at radius 1 is 1.32 bits per heavy atom. The molecule has 1 aliphatic heterocycles. The van der Waals surface area contributed by atoms with E-state index in [1.165, 1.54) is 12.0 Å². The van der Waals surface area contributed by atoms with Crippen molar-refractivity contribution in [3.8, 4) is 11.3 Å². The highest BCUT2D eigenvalue weighted by molar-refractivity contribution is 7.10. The molecule has 1 aliphatic rings. The first kappa shape index (κ1) is 18.7. The van der Waals surface area contributed by atoms with E-state index >= 15 is 0 Å². The molecule has 144 valence electrons. The van der Waals surface area contributed by atoms with Gasteiger partial charge in [0, 0.05) is 17.0 Å². The van der Waals surface area contributed by atoms with Crippen LogP contribution in [0.15, 0.2) is 40.2 Å². The Labute approximate surface area is 170 Å². The molecule has 4 rings (SSSR count). The second-order valence-corrected chi connectivity index (χ2v) is 7.82. The standard InChI is InChI=1S/C20H17ClN2O4S/c1-11-16(17(22-27-11)12-5-3-4-6-14(12)21)19(24)23-9-7-15-13(8-10-28-15)18(23)20(25)26-2/h3-6,8,10,18H,7,9H2,1-2H3. The number of carbonyl (C=O) groups excluding carboxylic acids is 2. The summed E-state index contributed by atoms with van der Waals surface area (Å²) in [5.41, 5.74) is 2.09. The summed E-state index contributed by atoms with van der Waals surface area (Å²) >= 11 is 7.88. The number of halogens is 1. The number of methoxy groups -OCH3 is 1. The minimum Gasteiger partial charge on any atom is -0.467 e. The Kier molecular flexibility index (Phi) is 4.95. The van der Waals surface area contributed by atoms with Crippen molar-refractivity contribution in [2.24, 2.45) is 0 Å². The van der Waals surface area contributed by atoms with E-state index in [0.717, 1.165) is 10.4 Å². The Bertz CT molecular complexity index is 1060. The summed E-state index contributed by atoms with van der Waals surface area (Å²) in [5, 5.41) is 6.46. The lowest BCUT2D eigenvalue weighted by Gasteiger charge is -2.34. The van der Waals surface area contributed by atoms with Gasteiger partial charge in [-0.3, -0.25) is 4.79 Å². The number of hydrogen-bond donors (Lipinski definition) is 0. The molecule has 0 saturated heterocycles. The van der Waals surface area contributed by atoms with Crippen molar-refractivity contribution in [2.75, 3.05) is 13.7 Å². The summed E-state index contributed by atoms with van der Waals surface area (Å²) in [4.78, 5) is 28.7. The summed E-state index contributed by atoms with van der Waals surface area (Å²) in [6.45, 7) is 2.08. The van der Waals surface area contributed by atoms with Crippen molar-refractivity contribution < 1.29 is 18.8 Å². The zero-order valence-electron chi connectivity index (χ0n) is 15.3. The van der Waals surface area contributed by atoms with Gasteiger partial charge in [-0.25, -0.2) is 4.79 Å². The number of rotatable bonds is 3. The third-order valence-corrected chi connectivity index (χ3v) is 6.18. The molecule has 0 N–H and O–H groups in total. The summed E-state index contributed by atoms with van der Waals surface area (Å²) in [5.74, 6) is -0.429. The molecule has 0 aliphatic carbocycles. The zero-order valence-corrected chi connectivity index (χ0v) is 16.8. The van der Waals surface area contributed by atoms with Gasteiger partial charge in [0.25, 0.3) is 5.91 Å². The van der Waals surface area contributed by atoms with Crippen LogP contribution in [0, 0.1) is 6.92 Å². The van der Waals surface area contributed by atoms with Crippen LogP contribution in [-0.2, 0) is 16.0 Å². The van der Waals surface area contributed by atoms with Gasteiger partial charge >= 0.3 is 5.97 Å². The molecule has 1 unspecified atom stereocenters. The van der Waals surface area contributed by atoms with E-state index in [-0.39, 0.29) is 5.91 Å². The fourth-order valence-electron chi connectivity index (χ4n) is 3.51. The monoisotopic (exact) mass is 416 g/mol. The number of aryl methyl sites for hydroxylation is 1. The molecule has 6 nitrogen and oxygen atoms in total. The Morgan fingerprint density at radius 3 is 2.86 bits per heavy atom. The first-order valence-electron chi connectivity index (χ1n) is 8.69. The van der Waals surface area contributed by atoms with Crippen molar-refractivity contribution in [1.29, 1.82) is 0 Å². The fraction of sp³-hybridized carbons (Fsp3) is 0.250. The maximum atomic E-state index is 13.5. The summed E-state index contributed by atoms with van der Waals surface area (Å²) in [7, 11) is 1.32. The van der Waals surface area contributed by atoms with Gasteiger partial charge in [0.15, 0.2) is 6.04 Å². The Morgan fingerprint density at radius 2 is 2.11 bits per heavy atom. The lowest BCUT2D eigenvalue weighted by atomic mass is 9.97. The van der Waals surface area contributed by atoms with Gasteiger partial charge in [0.2, 0.25) is 0 Å². The molecule has 0 fully saturated rings. The second-order valence-electron chi connectivity index (χ2n) is 6.42. The normalized spacial score (nSPS) is 16.0. The summed E-state index contributed by atoms with van der Waals surface area (Å²) in [6, 6.07) is 8.20. The highest BCUT2D eigenvalue weighted by atomic mass is 35.5. The third kappa shape index (κ3) is 3.00. The van der Waals surface area contributed by atoms with E-state index in [0.29, 0.717) is 40.6 Å². The van der Waals surface area contributed by atoms with Gasteiger partial charge in [-0.05, 0) is 36.4 Å². The highest BCUT2D eigenvalue weighted by Crippen LogP contribution is 2.37. The number of aromatic nitrogens is 1.